The van der Waals surface area contributed by atoms with E-state index in [4.69, 9.17) is 10.5 Å². The van der Waals surface area contributed by atoms with Crippen LogP contribution >= 0.6 is 12.4 Å². The number of carbonyl (C=O) groups excluding carboxylic acids is 1. The van der Waals surface area contributed by atoms with Crippen molar-refractivity contribution in [3.05, 3.63) is 48.3 Å². The summed E-state index contributed by atoms with van der Waals surface area (Å²) in [6.45, 7) is 1.99. The van der Waals surface area contributed by atoms with Gasteiger partial charge in [-0.3, -0.25) is 4.79 Å². The summed E-state index contributed by atoms with van der Waals surface area (Å²) in [4.78, 5) is 12.5. The van der Waals surface area contributed by atoms with E-state index in [-0.39, 0.29) is 18.3 Å². The number of carbonyl (C=O) groups is 1. The van der Waals surface area contributed by atoms with Crippen molar-refractivity contribution in [2.24, 2.45) is 11.1 Å². The monoisotopic (exact) mass is 350 g/mol. The van der Waals surface area contributed by atoms with E-state index >= 15 is 0 Å². The van der Waals surface area contributed by atoms with Crippen molar-refractivity contribution < 1.29 is 9.53 Å². The maximum absolute atomic E-state index is 12.5. The van der Waals surface area contributed by atoms with E-state index in [1.807, 2.05) is 36.5 Å². The van der Waals surface area contributed by atoms with Gasteiger partial charge in [-0.15, -0.1) is 12.4 Å². The van der Waals surface area contributed by atoms with Gasteiger partial charge in [0.2, 0.25) is 5.91 Å². The third-order valence-corrected chi connectivity index (χ3v) is 4.43. The van der Waals surface area contributed by atoms with E-state index in [1.165, 1.54) is 0 Å². The van der Waals surface area contributed by atoms with E-state index in [0.29, 0.717) is 39.1 Å². The fourth-order valence-electron chi connectivity index (χ4n) is 2.83. The Labute approximate surface area is 147 Å². The van der Waals surface area contributed by atoms with E-state index in [0.717, 1.165) is 11.3 Å². The third-order valence-electron chi connectivity index (χ3n) is 4.43. The fourth-order valence-corrected chi connectivity index (χ4v) is 2.83. The Balaban J connectivity index is 0.00000208. The highest BCUT2D eigenvalue weighted by molar-refractivity contribution is 5.85. The molecule has 3 rings (SSSR count). The number of hydrogen-bond donors (Lipinski definition) is 2. The number of amides is 1. The van der Waals surface area contributed by atoms with Gasteiger partial charge in [0.05, 0.1) is 17.3 Å². The molecular formula is C17H23ClN4O2. The number of nitrogens with zero attached hydrogens (tertiary/aromatic N) is 2. The van der Waals surface area contributed by atoms with E-state index in [9.17, 15) is 4.79 Å². The SMILES string of the molecule is Cl.NCC1(C(=O)NCc2cnn(-c3ccccc3)c2)CCOCC1. The topological polar surface area (TPSA) is 82.2 Å². The van der Waals surface area contributed by atoms with Crippen LogP contribution in [0.15, 0.2) is 42.7 Å². The van der Waals surface area contributed by atoms with Gasteiger partial charge < -0.3 is 15.8 Å². The van der Waals surface area contributed by atoms with Gasteiger partial charge in [-0.1, -0.05) is 18.2 Å². The van der Waals surface area contributed by atoms with Gasteiger partial charge >= 0.3 is 0 Å². The second-order valence-electron chi connectivity index (χ2n) is 5.91. The van der Waals surface area contributed by atoms with Gasteiger partial charge in [-0.05, 0) is 25.0 Å². The highest BCUT2D eigenvalue weighted by atomic mass is 35.5. The lowest BCUT2D eigenvalue weighted by Crippen LogP contribution is -2.48. The molecule has 0 bridgehead atoms. The minimum absolute atomic E-state index is 0. The first-order valence-corrected chi connectivity index (χ1v) is 7.89. The number of hydrogen-bond acceptors (Lipinski definition) is 4. The van der Waals surface area contributed by atoms with Crippen LogP contribution in [0.3, 0.4) is 0 Å². The molecule has 3 N–H and O–H groups in total. The molecule has 1 aromatic heterocycles. The molecule has 0 atom stereocenters. The number of nitrogens with two attached hydrogens (primary N) is 1. The van der Waals surface area contributed by atoms with E-state index in [2.05, 4.69) is 10.4 Å². The Kier molecular flexibility index (Phi) is 6.36. The molecular weight excluding hydrogens is 328 g/mol. The second-order valence-corrected chi connectivity index (χ2v) is 5.91. The summed E-state index contributed by atoms with van der Waals surface area (Å²) in [5, 5.41) is 7.33. The molecule has 1 amide bonds. The van der Waals surface area contributed by atoms with Gasteiger partial charge in [0.15, 0.2) is 0 Å². The Morgan fingerprint density at radius 2 is 2.00 bits per heavy atom. The Hall–Kier alpha value is -1.89. The number of benzene rings is 1. The van der Waals surface area contributed by atoms with Crippen LogP contribution in [0, 0.1) is 5.41 Å². The molecule has 0 aliphatic carbocycles. The fraction of sp³-hybridized carbons (Fsp3) is 0.412. The van der Waals surface area contributed by atoms with Crippen LogP contribution in [0.4, 0.5) is 0 Å². The van der Waals surface area contributed by atoms with Crippen molar-refractivity contribution in [3.8, 4) is 5.69 Å². The van der Waals surface area contributed by atoms with Crippen molar-refractivity contribution in [3.63, 3.8) is 0 Å². The average Bonchev–Trinajstić information content (AvgIpc) is 3.10. The Morgan fingerprint density at radius 1 is 1.29 bits per heavy atom. The zero-order chi connectivity index (χ0) is 16.1. The first-order chi connectivity index (χ1) is 11.2. The Bertz CT molecular complexity index is 654. The Morgan fingerprint density at radius 3 is 2.67 bits per heavy atom. The largest absolute Gasteiger partial charge is 0.381 e. The molecule has 0 unspecified atom stereocenters. The van der Waals surface area contributed by atoms with Crippen LogP contribution in [0.25, 0.3) is 5.69 Å². The van der Waals surface area contributed by atoms with E-state index in [1.54, 1.807) is 10.9 Å². The molecule has 130 valence electrons. The molecule has 1 aliphatic heterocycles. The zero-order valence-corrected chi connectivity index (χ0v) is 14.3. The molecule has 0 spiro atoms. The molecule has 1 saturated heterocycles. The van der Waals surface area contributed by atoms with Crippen LogP contribution < -0.4 is 11.1 Å². The molecule has 0 radical (unpaired) electrons. The highest BCUT2D eigenvalue weighted by Crippen LogP contribution is 2.29. The lowest BCUT2D eigenvalue weighted by molar-refractivity contribution is -0.136. The van der Waals surface area contributed by atoms with Crippen LogP contribution in [-0.2, 0) is 16.1 Å². The van der Waals surface area contributed by atoms with Gasteiger partial charge in [0.1, 0.15) is 0 Å². The molecule has 0 saturated carbocycles. The van der Waals surface area contributed by atoms with Crippen LogP contribution in [-0.4, -0.2) is 35.4 Å². The molecule has 2 aromatic rings. The lowest BCUT2D eigenvalue weighted by atomic mass is 9.79. The van der Waals surface area contributed by atoms with Crippen molar-refractivity contribution in [1.29, 1.82) is 0 Å². The summed E-state index contributed by atoms with van der Waals surface area (Å²) in [5.41, 5.74) is 7.32. The number of para-hydroxylation sites is 1. The maximum atomic E-state index is 12.5. The van der Waals surface area contributed by atoms with Crippen molar-refractivity contribution >= 4 is 18.3 Å². The normalized spacial score (nSPS) is 16.2. The molecule has 7 heteroatoms. The smallest absolute Gasteiger partial charge is 0.227 e. The van der Waals surface area contributed by atoms with Gasteiger partial charge in [0, 0.05) is 38.1 Å². The zero-order valence-electron chi connectivity index (χ0n) is 13.5. The highest BCUT2D eigenvalue weighted by Gasteiger charge is 2.38. The van der Waals surface area contributed by atoms with Crippen molar-refractivity contribution in [2.45, 2.75) is 19.4 Å². The molecule has 1 aliphatic rings. The maximum Gasteiger partial charge on any atom is 0.227 e. The molecule has 1 fully saturated rings. The summed E-state index contributed by atoms with van der Waals surface area (Å²) in [6, 6.07) is 9.87. The summed E-state index contributed by atoms with van der Waals surface area (Å²) in [6.07, 6.45) is 5.05. The van der Waals surface area contributed by atoms with E-state index < -0.39 is 5.41 Å². The lowest BCUT2D eigenvalue weighted by Gasteiger charge is -2.34. The van der Waals surface area contributed by atoms with Gasteiger partial charge in [-0.25, -0.2) is 4.68 Å². The van der Waals surface area contributed by atoms with Crippen LogP contribution in [0.2, 0.25) is 0 Å². The average molecular weight is 351 g/mol. The quantitative estimate of drug-likeness (QED) is 0.859. The van der Waals surface area contributed by atoms with Crippen LogP contribution in [0.1, 0.15) is 18.4 Å². The van der Waals surface area contributed by atoms with Gasteiger partial charge in [-0.2, -0.15) is 5.10 Å². The summed E-state index contributed by atoms with van der Waals surface area (Å²) in [5.74, 6) is 0.00996. The predicted octanol–water partition coefficient (Wildman–Crippen LogP) is 1.67. The second kappa shape index (κ2) is 8.28. The predicted molar refractivity (Wildman–Crippen MR) is 94.2 cm³/mol. The number of ether oxygens (including phenoxy) is 1. The van der Waals surface area contributed by atoms with Crippen LogP contribution in [0.5, 0.6) is 0 Å². The molecule has 1 aromatic carbocycles. The first kappa shape index (κ1) is 18.4. The number of rotatable bonds is 5. The standard InChI is InChI=1S/C17H22N4O2.ClH/c18-13-17(6-8-23-9-7-17)16(22)19-10-14-11-20-21(12-14)15-4-2-1-3-5-15;/h1-5,11-12H,6-10,13,18H2,(H,19,22);1H. The summed E-state index contributed by atoms with van der Waals surface area (Å²) < 4.78 is 7.14. The first-order valence-electron chi connectivity index (χ1n) is 7.89. The minimum atomic E-state index is -0.492. The molecule has 24 heavy (non-hydrogen) atoms. The van der Waals surface area contributed by atoms with Crippen molar-refractivity contribution in [2.75, 3.05) is 19.8 Å². The third kappa shape index (κ3) is 3.95. The van der Waals surface area contributed by atoms with Gasteiger partial charge in [0.25, 0.3) is 0 Å². The summed E-state index contributed by atoms with van der Waals surface area (Å²) in [7, 11) is 0. The number of aromatic nitrogens is 2. The summed E-state index contributed by atoms with van der Waals surface area (Å²) >= 11 is 0. The molecule has 6 nitrogen and oxygen atoms in total. The molecule has 2 heterocycles. The van der Waals surface area contributed by atoms with Crippen molar-refractivity contribution in [1.82, 2.24) is 15.1 Å². The minimum Gasteiger partial charge on any atom is -0.381 e. The number of halogens is 1. The number of nitrogens with one attached hydrogen (secondary N) is 1.